The van der Waals surface area contributed by atoms with Gasteiger partial charge in [-0.1, -0.05) is 0 Å². The van der Waals surface area contributed by atoms with Crippen molar-refractivity contribution < 1.29 is 23.1 Å². The number of aromatic nitrogens is 3. The van der Waals surface area contributed by atoms with Gasteiger partial charge in [-0.05, 0) is 54.6 Å². The van der Waals surface area contributed by atoms with E-state index in [2.05, 4.69) is 25.4 Å². The molecule has 3 N–H and O–H groups in total. The number of hydrogen-bond donors (Lipinski definition) is 3. The first-order valence-electron chi connectivity index (χ1n) is 9.85. The van der Waals surface area contributed by atoms with Crippen molar-refractivity contribution in [3.05, 3.63) is 54.4 Å². The van der Waals surface area contributed by atoms with Crippen molar-refractivity contribution >= 4 is 29.2 Å². The van der Waals surface area contributed by atoms with Crippen molar-refractivity contribution in [3.8, 4) is 11.3 Å². The molecule has 0 saturated carbocycles. The van der Waals surface area contributed by atoms with Crippen molar-refractivity contribution in [2.75, 3.05) is 29.9 Å². The molecule has 1 amide bonds. The molecule has 1 fully saturated rings. The Bertz CT molecular complexity index is 1070. The predicted octanol–water partition coefficient (Wildman–Crippen LogP) is 4.15. The maximum absolute atomic E-state index is 12.8. The zero-order valence-electron chi connectivity index (χ0n) is 16.8. The summed E-state index contributed by atoms with van der Waals surface area (Å²) in [5.41, 5.74) is -2.30. The lowest BCUT2D eigenvalue weighted by Gasteiger charge is -2.21. The molecule has 168 valence electrons. The van der Waals surface area contributed by atoms with Crippen molar-refractivity contribution in [2.45, 2.75) is 16.8 Å². The van der Waals surface area contributed by atoms with Gasteiger partial charge >= 0.3 is 5.51 Å². The number of aliphatic hydroxyl groups excluding tert-OH is 1. The van der Waals surface area contributed by atoms with Gasteiger partial charge in [-0.3, -0.25) is 9.89 Å². The second-order valence-corrected chi connectivity index (χ2v) is 8.51. The van der Waals surface area contributed by atoms with Crippen molar-refractivity contribution in [3.63, 3.8) is 0 Å². The van der Waals surface area contributed by atoms with Gasteiger partial charge in [0.25, 0.3) is 5.91 Å². The second-order valence-electron chi connectivity index (χ2n) is 7.38. The van der Waals surface area contributed by atoms with Crippen LogP contribution in [0, 0.1) is 5.92 Å². The summed E-state index contributed by atoms with van der Waals surface area (Å²) in [6, 6.07) is 8.92. The van der Waals surface area contributed by atoms with Crippen LogP contribution in [0.1, 0.15) is 16.8 Å². The number of aliphatic hydroxyl groups is 1. The third-order valence-electron chi connectivity index (χ3n) is 5.11. The molecule has 0 bridgehead atoms. The molecule has 2 aromatic heterocycles. The normalized spacial score (nSPS) is 16.4. The highest BCUT2D eigenvalue weighted by molar-refractivity contribution is 8.00. The van der Waals surface area contributed by atoms with Crippen LogP contribution in [-0.4, -0.2) is 51.4 Å². The summed E-state index contributed by atoms with van der Waals surface area (Å²) >= 11 is -0.212. The van der Waals surface area contributed by atoms with Gasteiger partial charge in [0.2, 0.25) is 0 Å². The van der Waals surface area contributed by atoms with E-state index in [1.54, 1.807) is 18.3 Å². The Labute approximate surface area is 186 Å². The number of alkyl halides is 3. The topological polar surface area (TPSA) is 94.1 Å². The number of H-pyrrole nitrogens is 1. The lowest BCUT2D eigenvalue weighted by atomic mass is 10.1. The highest BCUT2D eigenvalue weighted by Crippen LogP contribution is 2.37. The van der Waals surface area contributed by atoms with Gasteiger partial charge in [0.15, 0.2) is 0 Å². The van der Waals surface area contributed by atoms with E-state index in [4.69, 9.17) is 0 Å². The van der Waals surface area contributed by atoms with Gasteiger partial charge in [0, 0.05) is 54.2 Å². The Hall–Kier alpha value is -3.05. The van der Waals surface area contributed by atoms with Crippen molar-refractivity contribution in [2.24, 2.45) is 5.92 Å². The number of aromatic amines is 1. The number of nitrogens with one attached hydrogen (secondary N) is 2. The van der Waals surface area contributed by atoms with Crippen molar-refractivity contribution in [1.29, 1.82) is 0 Å². The molecule has 1 aliphatic heterocycles. The number of carbonyl (C=O) groups excluding carboxylic acids is 1. The number of anilines is 2. The monoisotopic (exact) mass is 463 g/mol. The number of pyridine rings is 1. The van der Waals surface area contributed by atoms with Gasteiger partial charge in [0.1, 0.15) is 5.82 Å². The number of hydrogen-bond acceptors (Lipinski definition) is 6. The van der Waals surface area contributed by atoms with E-state index in [1.165, 1.54) is 30.5 Å². The summed E-state index contributed by atoms with van der Waals surface area (Å²) in [5, 5.41) is 19.0. The lowest BCUT2D eigenvalue weighted by molar-refractivity contribution is -0.0328. The van der Waals surface area contributed by atoms with Crippen LogP contribution in [0.25, 0.3) is 11.3 Å². The summed E-state index contributed by atoms with van der Waals surface area (Å²) in [4.78, 5) is 19.4. The van der Waals surface area contributed by atoms with Crippen LogP contribution in [0.15, 0.2) is 53.7 Å². The number of halogens is 3. The van der Waals surface area contributed by atoms with Crippen LogP contribution in [0.2, 0.25) is 0 Å². The fraction of sp³-hybridized carbons (Fsp3) is 0.286. The molecule has 32 heavy (non-hydrogen) atoms. The second kappa shape index (κ2) is 9.21. The van der Waals surface area contributed by atoms with E-state index >= 15 is 0 Å². The first-order valence-corrected chi connectivity index (χ1v) is 10.7. The van der Waals surface area contributed by atoms with Crippen LogP contribution in [0.5, 0.6) is 0 Å². The fourth-order valence-corrected chi connectivity index (χ4v) is 4.09. The number of benzene rings is 1. The average Bonchev–Trinajstić information content (AvgIpc) is 3.46. The maximum Gasteiger partial charge on any atom is 0.446 e. The molecule has 1 aromatic carbocycles. The molecule has 1 unspecified atom stereocenters. The van der Waals surface area contributed by atoms with Crippen LogP contribution in [-0.2, 0) is 0 Å². The van der Waals surface area contributed by atoms with E-state index in [1.807, 2.05) is 0 Å². The van der Waals surface area contributed by atoms with Gasteiger partial charge in [-0.25, -0.2) is 4.98 Å². The Balaban J connectivity index is 1.54. The molecule has 4 rings (SSSR count). The molecule has 7 nitrogen and oxygen atoms in total. The molecular formula is C21H20F3N5O2S. The lowest BCUT2D eigenvalue weighted by Crippen LogP contribution is -2.23. The zero-order chi connectivity index (χ0) is 22.7. The predicted molar refractivity (Wildman–Crippen MR) is 116 cm³/mol. The number of amides is 1. The van der Waals surface area contributed by atoms with Gasteiger partial charge in [0.05, 0.1) is 11.3 Å². The zero-order valence-corrected chi connectivity index (χ0v) is 17.6. The Morgan fingerprint density at radius 2 is 2.06 bits per heavy atom. The van der Waals surface area contributed by atoms with E-state index in [0.717, 1.165) is 13.0 Å². The Kier molecular flexibility index (Phi) is 6.38. The molecule has 0 radical (unpaired) electrons. The van der Waals surface area contributed by atoms with E-state index < -0.39 is 11.4 Å². The highest BCUT2D eigenvalue weighted by atomic mass is 32.2. The molecule has 3 aromatic rings. The summed E-state index contributed by atoms with van der Waals surface area (Å²) in [5.74, 6) is 0.429. The largest absolute Gasteiger partial charge is 0.446 e. The molecule has 3 heterocycles. The molecule has 1 atom stereocenters. The fourth-order valence-electron chi connectivity index (χ4n) is 3.56. The smallest absolute Gasteiger partial charge is 0.396 e. The Morgan fingerprint density at radius 3 is 2.69 bits per heavy atom. The van der Waals surface area contributed by atoms with Crippen LogP contribution >= 0.6 is 11.8 Å². The number of nitrogens with zero attached hydrogens (tertiary/aromatic N) is 3. The standard InChI is InChI=1S/C21H20F3N5O2S/c22-21(23,24)32-16-3-1-15(2-4-16)27-20(31)14-9-17(18-5-7-26-28-18)19(25-10-14)29-8-6-13(11-29)12-30/h1-5,7,9-10,13,30H,6,8,11-12H2,(H,26,28)(H,27,31). The molecule has 0 aliphatic carbocycles. The summed E-state index contributed by atoms with van der Waals surface area (Å²) < 4.78 is 37.4. The summed E-state index contributed by atoms with van der Waals surface area (Å²) in [6.45, 7) is 1.52. The molecule has 11 heteroatoms. The third-order valence-corrected chi connectivity index (χ3v) is 5.85. The summed E-state index contributed by atoms with van der Waals surface area (Å²) in [6.07, 6.45) is 3.92. The first kappa shape index (κ1) is 22.2. The minimum absolute atomic E-state index is 0.0369. The van der Waals surface area contributed by atoms with Gasteiger partial charge in [-0.15, -0.1) is 0 Å². The van der Waals surface area contributed by atoms with Crippen LogP contribution < -0.4 is 10.2 Å². The number of thioether (sulfide) groups is 1. The average molecular weight is 463 g/mol. The van der Waals surface area contributed by atoms with Crippen LogP contribution in [0.4, 0.5) is 24.7 Å². The molecule has 1 saturated heterocycles. The minimum atomic E-state index is -4.37. The molecular weight excluding hydrogens is 443 g/mol. The number of rotatable bonds is 6. The SMILES string of the molecule is O=C(Nc1ccc(SC(F)(F)F)cc1)c1cnc(N2CCC(CO)C2)c(-c2ccn[nH]2)c1. The molecule has 0 spiro atoms. The quantitative estimate of drug-likeness (QED) is 0.476. The number of carbonyl (C=O) groups is 1. The minimum Gasteiger partial charge on any atom is -0.396 e. The molecule has 1 aliphatic rings. The maximum atomic E-state index is 12.8. The van der Waals surface area contributed by atoms with E-state index in [-0.39, 0.29) is 29.2 Å². The van der Waals surface area contributed by atoms with Crippen molar-refractivity contribution in [1.82, 2.24) is 15.2 Å². The van der Waals surface area contributed by atoms with Crippen LogP contribution in [0.3, 0.4) is 0 Å². The first-order chi connectivity index (χ1) is 15.3. The van der Waals surface area contributed by atoms with Gasteiger partial charge in [-0.2, -0.15) is 18.3 Å². The highest BCUT2D eigenvalue weighted by Gasteiger charge is 2.29. The summed E-state index contributed by atoms with van der Waals surface area (Å²) in [7, 11) is 0. The third kappa shape index (κ3) is 5.22. The van der Waals surface area contributed by atoms with E-state index in [0.29, 0.717) is 34.9 Å². The van der Waals surface area contributed by atoms with E-state index in [9.17, 15) is 23.1 Å². The van der Waals surface area contributed by atoms with Gasteiger partial charge < -0.3 is 15.3 Å². The Morgan fingerprint density at radius 1 is 1.28 bits per heavy atom.